The molecular formula is C19H25NO3. The monoisotopic (exact) mass is 315 g/mol. The van der Waals surface area contributed by atoms with Gasteiger partial charge >= 0.3 is 0 Å². The average molecular weight is 315 g/mol. The van der Waals surface area contributed by atoms with Crippen molar-refractivity contribution in [1.82, 2.24) is 5.32 Å². The third-order valence-corrected chi connectivity index (χ3v) is 3.56. The van der Waals surface area contributed by atoms with E-state index < -0.39 is 0 Å². The lowest BCUT2D eigenvalue weighted by molar-refractivity contribution is 0.199. The lowest BCUT2D eigenvalue weighted by atomic mass is 10.1. The zero-order chi connectivity index (χ0) is 16.5. The number of benzene rings is 2. The normalized spacial score (nSPS) is 10.6. The van der Waals surface area contributed by atoms with E-state index in [0.717, 1.165) is 35.7 Å². The van der Waals surface area contributed by atoms with Gasteiger partial charge in [-0.2, -0.15) is 0 Å². The molecule has 0 bridgehead atoms. The molecule has 0 unspecified atom stereocenters. The van der Waals surface area contributed by atoms with Crippen LogP contribution in [-0.4, -0.2) is 27.4 Å². The topological polar surface area (TPSA) is 39.7 Å². The standard InChI is InChI=1S/C19H25NO3/c1-15-4-6-16(7-5-15)14-23-18-9-8-17(12-19(18)22-3)13-20-10-11-21-2/h4-9,12,20H,10-11,13-14H2,1-3H3. The van der Waals surface area contributed by atoms with E-state index in [4.69, 9.17) is 14.2 Å². The zero-order valence-electron chi connectivity index (χ0n) is 14.1. The number of rotatable bonds is 9. The minimum Gasteiger partial charge on any atom is -0.493 e. The van der Waals surface area contributed by atoms with Gasteiger partial charge in [0.05, 0.1) is 13.7 Å². The minimum absolute atomic E-state index is 0.530. The molecule has 2 aromatic rings. The fraction of sp³-hybridized carbons (Fsp3) is 0.368. The highest BCUT2D eigenvalue weighted by molar-refractivity contribution is 5.43. The highest BCUT2D eigenvalue weighted by Crippen LogP contribution is 2.28. The van der Waals surface area contributed by atoms with Gasteiger partial charge in [0, 0.05) is 20.2 Å². The second-order valence-corrected chi connectivity index (χ2v) is 5.43. The molecule has 23 heavy (non-hydrogen) atoms. The molecular weight excluding hydrogens is 290 g/mol. The molecule has 0 fully saturated rings. The van der Waals surface area contributed by atoms with Crippen LogP contribution in [0, 0.1) is 6.92 Å². The molecule has 0 atom stereocenters. The van der Waals surface area contributed by atoms with Gasteiger partial charge in [-0.15, -0.1) is 0 Å². The predicted molar refractivity (Wildman–Crippen MR) is 92.1 cm³/mol. The van der Waals surface area contributed by atoms with Crippen molar-refractivity contribution in [2.24, 2.45) is 0 Å². The molecule has 2 aromatic carbocycles. The molecule has 0 aromatic heterocycles. The van der Waals surface area contributed by atoms with Gasteiger partial charge in [-0.1, -0.05) is 35.9 Å². The van der Waals surface area contributed by atoms with Crippen molar-refractivity contribution in [3.05, 3.63) is 59.2 Å². The Labute approximate surface area is 138 Å². The number of nitrogens with one attached hydrogen (secondary N) is 1. The van der Waals surface area contributed by atoms with Crippen LogP contribution in [0.4, 0.5) is 0 Å². The van der Waals surface area contributed by atoms with Crippen molar-refractivity contribution in [3.63, 3.8) is 0 Å². The number of hydrogen-bond acceptors (Lipinski definition) is 4. The van der Waals surface area contributed by atoms with Crippen LogP contribution < -0.4 is 14.8 Å². The van der Waals surface area contributed by atoms with E-state index in [1.165, 1.54) is 5.56 Å². The molecule has 0 aliphatic rings. The Morgan fingerprint density at radius 1 is 0.913 bits per heavy atom. The summed E-state index contributed by atoms with van der Waals surface area (Å²) in [5, 5.41) is 3.32. The molecule has 4 nitrogen and oxygen atoms in total. The van der Waals surface area contributed by atoms with Crippen LogP contribution in [0.3, 0.4) is 0 Å². The van der Waals surface area contributed by atoms with Crippen molar-refractivity contribution in [2.45, 2.75) is 20.1 Å². The highest BCUT2D eigenvalue weighted by atomic mass is 16.5. The molecule has 0 aliphatic carbocycles. The third-order valence-electron chi connectivity index (χ3n) is 3.56. The summed E-state index contributed by atoms with van der Waals surface area (Å²) < 4.78 is 16.3. The third kappa shape index (κ3) is 5.58. The predicted octanol–water partition coefficient (Wildman–Crippen LogP) is 3.32. The van der Waals surface area contributed by atoms with Gasteiger partial charge in [-0.05, 0) is 30.2 Å². The number of aryl methyl sites for hydroxylation is 1. The fourth-order valence-corrected chi connectivity index (χ4v) is 2.19. The first kappa shape index (κ1) is 17.3. The first-order valence-electron chi connectivity index (χ1n) is 7.78. The molecule has 0 amide bonds. The van der Waals surface area contributed by atoms with E-state index >= 15 is 0 Å². The smallest absolute Gasteiger partial charge is 0.161 e. The summed E-state index contributed by atoms with van der Waals surface area (Å²) in [5.74, 6) is 1.51. The lowest BCUT2D eigenvalue weighted by Crippen LogP contribution is -2.18. The fourth-order valence-electron chi connectivity index (χ4n) is 2.19. The molecule has 0 spiro atoms. The Balaban J connectivity index is 1.94. The molecule has 0 saturated carbocycles. The Bertz CT molecular complexity index is 596. The summed E-state index contributed by atoms with van der Waals surface area (Å²) >= 11 is 0. The molecule has 2 rings (SSSR count). The van der Waals surface area contributed by atoms with Crippen molar-refractivity contribution in [3.8, 4) is 11.5 Å². The first-order chi connectivity index (χ1) is 11.2. The second-order valence-electron chi connectivity index (χ2n) is 5.43. The maximum Gasteiger partial charge on any atom is 0.161 e. The van der Waals surface area contributed by atoms with E-state index in [1.54, 1.807) is 14.2 Å². The van der Waals surface area contributed by atoms with E-state index in [0.29, 0.717) is 13.2 Å². The molecule has 0 heterocycles. The van der Waals surface area contributed by atoms with Crippen LogP contribution >= 0.6 is 0 Å². The van der Waals surface area contributed by atoms with Crippen LogP contribution in [0.25, 0.3) is 0 Å². The van der Waals surface area contributed by atoms with Gasteiger partial charge in [-0.25, -0.2) is 0 Å². The van der Waals surface area contributed by atoms with E-state index in [9.17, 15) is 0 Å². The van der Waals surface area contributed by atoms with Gasteiger partial charge in [0.15, 0.2) is 11.5 Å². The van der Waals surface area contributed by atoms with Crippen LogP contribution in [0.5, 0.6) is 11.5 Å². The molecule has 4 heteroatoms. The average Bonchev–Trinajstić information content (AvgIpc) is 2.58. The van der Waals surface area contributed by atoms with Crippen molar-refractivity contribution < 1.29 is 14.2 Å². The Morgan fingerprint density at radius 3 is 2.35 bits per heavy atom. The van der Waals surface area contributed by atoms with E-state index in [1.807, 2.05) is 18.2 Å². The van der Waals surface area contributed by atoms with Crippen LogP contribution in [-0.2, 0) is 17.9 Å². The summed E-state index contributed by atoms with van der Waals surface area (Å²) in [6.07, 6.45) is 0. The first-order valence-corrected chi connectivity index (χ1v) is 7.78. The van der Waals surface area contributed by atoms with Crippen molar-refractivity contribution in [2.75, 3.05) is 27.4 Å². The Kier molecular flexibility index (Phi) is 6.91. The molecule has 0 saturated heterocycles. The lowest BCUT2D eigenvalue weighted by Gasteiger charge is -2.13. The van der Waals surface area contributed by atoms with Gasteiger partial charge in [0.25, 0.3) is 0 Å². The Morgan fingerprint density at radius 2 is 1.65 bits per heavy atom. The van der Waals surface area contributed by atoms with Crippen LogP contribution in [0.15, 0.2) is 42.5 Å². The van der Waals surface area contributed by atoms with Gasteiger partial charge in [0.2, 0.25) is 0 Å². The van der Waals surface area contributed by atoms with Gasteiger partial charge < -0.3 is 19.5 Å². The van der Waals surface area contributed by atoms with Gasteiger partial charge in [-0.3, -0.25) is 0 Å². The summed E-state index contributed by atoms with van der Waals surface area (Å²) in [4.78, 5) is 0. The molecule has 0 aliphatic heterocycles. The number of ether oxygens (including phenoxy) is 3. The highest BCUT2D eigenvalue weighted by Gasteiger charge is 2.06. The SMILES string of the molecule is COCCNCc1ccc(OCc2ccc(C)cc2)c(OC)c1. The minimum atomic E-state index is 0.530. The molecule has 124 valence electrons. The maximum atomic E-state index is 5.89. The Hall–Kier alpha value is -2.04. The summed E-state index contributed by atoms with van der Waals surface area (Å²) in [6, 6.07) is 14.3. The second kappa shape index (κ2) is 9.18. The molecule has 1 N–H and O–H groups in total. The largest absolute Gasteiger partial charge is 0.493 e. The van der Waals surface area contributed by atoms with Crippen LogP contribution in [0.2, 0.25) is 0 Å². The maximum absolute atomic E-state index is 5.89. The number of methoxy groups -OCH3 is 2. The van der Waals surface area contributed by atoms with Crippen LogP contribution in [0.1, 0.15) is 16.7 Å². The van der Waals surface area contributed by atoms with Crippen molar-refractivity contribution >= 4 is 0 Å². The molecule has 0 radical (unpaired) electrons. The van der Waals surface area contributed by atoms with E-state index in [2.05, 4.69) is 36.5 Å². The van der Waals surface area contributed by atoms with Gasteiger partial charge in [0.1, 0.15) is 6.61 Å². The van der Waals surface area contributed by atoms with E-state index in [-0.39, 0.29) is 0 Å². The number of hydrogen-bond donors (Lipinski definition) is 1. The van der Waals surface area contributed by atoms with Crippen molar-refractivity contribution in [1.29, 1.82) is 0 Å². The zero-order valence-corrected chi connectivity index (χ0v) is 14.1. The summed E-state index contributed by atoms with van der Waals surface area (Å²) in [5.41, 5.74) is 3.54. The summed E-state index contributed by atoms with van der Waals surface area (Å²) in [7, 11) is 3.36. The summed E-state index contributed by atoms with van der Waals surface area (Å²) in [6.45, 7) is 4.91. The quantitative estimate of drug-likeness (QED) is 0.721.